The molecule has 76 valence electrons. The summed E-state index contributed by atoms with van der Waals surface area (Å²) in [5.41, 5.74) is 3.57. The van der Waals surface area contributed by atoms with Crippen molar-refractivity contribution in [3.8, 4) is 0 Å². The first kappa shape index (κ1) is 9.34. The summed E-state index contributed by atoms with van der Waals surface area (Å²) in [5.74, 6) is 0. The van der Waals surface area contributed by atoms with Crippen molar-refractivity contribution in [1.29, 1.82) is 0 Å². The Labute approximate surface area is 84.1 Å². The van der Waals surface area contributed by atoms with Crippen molar-refractivity contribution in [3.05, 3.63) is 23.8 Å². The van der Waals surface area contributed by atoms with Crippen LogP contribution in [0.25, 0.3) is 0 Å². The van der Waals surface area contributed by atoms with Gasteiger partial charge < -0.3 is 15.7 Å². The zero-order valence-corrected chi connectivity index (χ0v) is 8.38. The average Bonchev–Trinajstić information content (AvgIpc) is 2.19. The highest BCUT2D eigenvalue weighted by Crippen LogP contribution is 2.27. The van der Waals surface area contributed by atoms with Crippen molar-refractivity contribution in [2.45, 2.75) is 19.4 Å². The highest BCUT2D eigenvalue weighted by atomic mass is 16.3. The maximum Gasteiger partial charge on any atom is 0.0579 e. The molecule has 3 heteroatoms. The quantitative estimate of drug-likeness (QED) is 0.666. The smallest absolute Gasteiger partial charge is 0.0579 e. The topological polar surface area (TPSA) is 44.3 Å². The third-order valence-corrected chi connectivity index (χ3v) is 2.55. The highest BCUT2D eigenvalue weighted by molar-refractivity contribution is 5.72. The van der Waals surface area contributed by atoms with Crippen LogP contribution >= 0.6 is 0 Å². The van der Waals surface area contributed by atoms with Gasteiger partial charge in [-0.05, 0) is 31.0 Å². The van der Waals surface area contributed by atoms with Gasteiger partial charge in [0.15, 0.2) is 0 Å². The Morgan fingerprint density at radius 3 is 3.07 bits per heavy atom. The van der Waals surface area contributed by atoms with Crippen LogP contribution in [0.1, 0.15) is 12.0 Å². The monoisotopic (exact) mass is 192 g/mol. The lowest BCUT2D eigenvalue weighted by Crippen LogP contribution is -2.33. The first-order valence-electron chi connectivity index (χ1n) is 5.01. The summed E-state index contributed by atoms with van der Waals surface area (Å²) >= 11 is 0. The molecular weight excluding hydrogens is 176 g/mol. The van der Waals surface area contributed by atoms with Crippen molar-refractivity contribution in [2.75, 3.05) is 23.8 Å². The molecule has 3 N–H and O–H groups in total. The Kier molecular flexibility index (Phi) is 2.59. The molecule has 1 atom stereocenters. The summed E-state index contributed by atoms with van der Waals surface area (Å²) in [6.07, 6.45) is 0.792. The lowest BCUT2D eigenvalue weighted by atomic mass is 10.1. The number of aliphatic hydroxyl groups is 1. The van der Waals surface area contributed by atoms with Gasteiger partial charge in [-0.3, -0.25) is 0 Å². The minimum atomic E-state index is 0.237. The maximum absolute atomic E-state index is 8.84. The second-order valence-corrected chi connectivity index (χ2v) is 3.78. The average molecular weight is 192 g/mol. The van der Waals surface area contributed by atoms with Crippen LogP contribution in [0, 0.1) is 6.92 Å². The molecule has 0 aliphatic carbocycles. The van der Waals surface area contributed by atoms with Gasteiger partial charge in [0, 0.05) is 19.2 Å². The first-order valence-corrected chi connectivity index (χ1v) is 5.01. The van der Waals surface area contributed by atoms with Gasteiger partial charge in [-0.25, -0.2) is 0 Å². The van der Waals surface area contributed by atoms with Crippen molar-refractivity contribution in [2.24, 2.45) is 0 Å². The predicted octanol–water partition coefficient (Wildman–Crippen LogP) is 1.58. The van der Waals surface area contributed by atoms with Crippen molar-refractivity contribution < 1.29 is 5.11 Å². The Bertz CT molecular complexity index is 325. The van der Waals surface area contributed by atoms with E-state index in [1.54, 1.807) is 0 Å². The zero-order chi connectivity index (χ0) is 9.97. The molecule has 1 aliphatic rings. The van der Waals surface area contributed by atoms with Crippen LogP contribution in [0.4, 0.5) is 11.4 Å². The Hall–Kier alpha value is -1.22. The number of benzene rings is 1. The predicted molar refractivity (Wildman–Crippen MR) is 58.8 cm³/mol. The molecule has 14 heavy (non-hydrogen) atoms. The third-order valence-electron chi connectivity index (χ3n) is 2.55. The molecular formula is C11H16N2O. The first-order chi connectivity index (χ1) is 6.79. The number of rotatable bonds is 2. The molecule has 0 spiro atoms. The minimum absolute atomic E-state index is 0.237. The van der Waals surface area contributed by atoms with E-state index in [4.69, 9.17) is 5.11 Å². The number of nitrogens with one attached hydrogen (secondary N) is 2. The highest BCUT2D eigenvalue weighted by Gasteiger charge is 2.15. The molecule has 1 aromatic rings. The van der Waals surface area contributed by atoms with Gasteiger partial charge in [0.1, 0.15) is 0 Å². The molecule has 2 rings (SSSR count). The SMILES string of the molecule is Cc1ccc2c(c1)NC[C@H](CCO)N2. The number of hydrogen-bond donors (Lipinski definition) is 3. The van der Waals surface area contributed by atoms with Crippen LogP contribution in [0.3, 0.4) is 0 Å². The summed E-state index contributed by atoms with van der Waals surface area (Å²) in [6.45, 7) is 3.21. The maximum atomic E-state index is 8.84. The van der Waals surface area contributed by atoms with Gasteiger partial charge in [-0.1, -0.05) is 6.07 Å². The van der Waals surface area contributed by atoms with E-state index in [1.807, 2.05) is 0 Å². The molecule has 0 saturated carbocycles. The van der Waals surface area contributed by atoms with Crippen LogP contribution < -0.4 is 10.6 Å². The second kappa shape index (κ2) is 3.88. The molecule has 1 aliphatic heterocycles. The van der Waals surface area contributed by atoms with E-state index in [1.165, 1.54) is 11.3 Å². The van der Waals surface area contributed by atoms with Crippen molar-refractivity contribution in [3.63, 3.8) is 0 Å². The third kappa shape index (κ3) is 1.82. The lowest BCUT2D eigenvalue weighted by molar-refractivity contribution is 0.280. The number of hydrogen-bond acceptors (Lipinski definition) is 3. The molecule has 0 bridgehead atoms. The Morgan fingerprint density at radius 2 is 2.29 bits per heavy atom. The fourth-order valence-electron chi connectivity index (χ4n) is 1.76. The van der Waals surface area contributed by atoms with Crippen LogP contribution in [-0.2, 0) is 0 Å². The summed E-state index contributed by atoms with van der Waals surface area (Å²) in [6, 6.07) is 6.66. The molecule has 0 amide bonds. The fourth-order valence-corrected chi connectivity index (χ4v) is 1.76. The van der Waals surface area contributed by atoms with Crippen LogP contribution in [-0.4, -0.2) is 24.3 Å². The van der Waals surface area contributed by atoms with Crippen LogP contribution in [0.2, 0.25) is 0 Å². The number of aliphatic hydroxyl groups excluding tert-OH is 1. The summed E-state index contributed by atoms with van der Waals surface area (Å²) in [7, 11) is 0. The minimum Gasteiger partial charge on any atom is -0.396 e. The largest absolute Gasteiger partial charge is 0.396 e. The van der Waals surface area contributed by atoms with E-state index in [0.29, 0.717) is 6.04 Å². The molecule has 0 saturated heterocycles. The van der Waals surface area contributed by atoms with E-state index < -0.39 is 0 Å². The molecule has 0 unspecified atom stereocenters. The van der Waals surface area contributed by atoms with Crippen LogP contribution in [0.15, 0.2) is 18.2 Å². The molecule has 1 heterocycles. The molecule has 3 nitrogen and oxygen atoms in total. The molecule has 0 aromatic heterocycles. The van der Waals surface area contributed by atoms with Gasteiger partial charge in [0.05, 0.1) is 11.4 Å². The van der Waals surface area contributed by atoms with E-state index in [2.05, 4.69) is 35.8 Å². The summed E-state index contributed by atoms with van der Waals surface area (Å²) < 4.78 is 0. The van der Waals surface area contributed by atoms with E-state index in [9.17, 15) is 0 Å². The zero-order valence-electron chi connectivity index (χ0n) is 8.38. The van der Waals surface area contributed by atoms with Gasteiger partial charge in [0.25, 0.3) is 0 Å². The Balaban J connectivity index is 2.15. The van der Waals surface area contributed by atoms with E-state index >= 15 is 0 Å². The lowest BCUT2D eigenvalue weighted by Gasteiger charge is -2.28. The van der Waals surface area contributed by atoms with Gasteiger partial charge >= 0.3 is 0 Å². The van der Waals surface area contributed by atoms with Crippen molar-refractivity contribution >= 4 is 11.4 Å². The van der Waals surface area contributed by atoms with Crippen LogP contribution in [0.5, 0.6) is 0 Å². The molecule has 0 radical (unpaired) electrons. The standard InChI is InChI=1S/C11H16N2O/c1-8-2-3-10-11(6-8)12-7-9(13-10)4-5-14/h2-3,6,9,12-14H,4-5,7H2,1H3/t9-/m0/s1. The molecule has 1 aromatic carbocycles. The number of aryl methyl sites for hydroxylation is 1. The number of anilines is 2. The van der Waals surface area contributed by atoms with Gasteiger partial charge in [-0.2, -0.15) is 0 Å². The van der Waals surface area contributed by atoms with Gasteiger partial charge in [-0.15, -0.1) is 0 Å². The summed E-state index contributed by atoms with van der Waals surface area (Å²) in [5, 5.41) is 15.6. The second-order valence-electron chi connectivity index (χ2n) is 3.78. The Morgan fingerprint density at radius 1 is 1.43 bits per heavy atom. The summed E-state index contributed by atoms with van der Waals surface area (Å²) in [4.78, 5) is 0. The molecule has 0 fully saturated rings. The number of fused-ring (bicyclic) bond motifs is 1. The van der Waals surface area contributed by atoms with Gasteiger partial charge in [0.2, 0.25) is 0 Å². The van der Waals surface area contributed by atoms with Crippen molar-refractivity contribution in [1.82, 2.24) is 0 Å². The van der Waals surface area contributed by atoms with E-state index in [-0.39, 0.29) is 6.61 Å². The normalized spacial score (nSPS) is 19.4. The van der Waals surface area contributed by atoms with E-state index in [0.717, 1.165) is 18.7 Å². The fraction of sp³-hybridized carbons (Fsp3) is 0.455.